The monoisotopic (exact) mass is 270 g/mol. The third kappa shape index (κ3) is 2.84. The van der Waals surface area contributed by atoms with Crippen molar-refractivity contribution >= 4 is 10.9 Å². The Morgan fingerprint density at radius 2 is 2.20 bits per heavy atom. The van der Waals surface area contributed by atoms with E-state index in [0.717, 1.165) is 31.6 Å². The number of pyridine rings is 1. The van der Waals surface area contributed by atoms with Crippen molar-refractivity contribution in [1.29, 1.82) is 0 Å². The van der Waals surface area contributed by atoms with E-state index >= 15 is 0 Å². The van der Waals surface area contributed by atoms with Crippen molar-refractivity contribution in [2.24, 2.45) is 5.92 Å². The number of hydrogen-bond acceptors (Lipinski definition) is 3. The van der Waals surface area contributed by atoms with Gasteiger partial charge in [0.25, 0.3) is 0 Å². The van der Waals surface area contributed by atoms with Gasteiger partial charge in [0, 0.05) is 31.3 Å². The quantitative estimate of drug-likeness (QED) is 0.906. The first-order valence-corrected chi connectivity index (χ1v) is 7.53. The molecule has 0 bridgehead atoms. The number of ether oxygens (including phenoxy) is 1. The van der Waals surface area contributed by atoms with Crippen molar-refractivity contribution in [3.05, 3.63) is 42.1 Å². The smallest absolute Gasteiger partial charge is 0.0705 e. The van der Waals surface area contributed by atoms with Gasteiger partial charge in [-0.1, -0.05) is 25.1 Å². The molecule has 0 amide bonds. The van der Waals surface area contributed by atoms with Crippen LogP contribution >= 0.6 is 0 Å². The summed E-state index contributed by atoms with van der Waals surface area (Å²) in [5, 5.41) is 4.84. The molecular formula is C17H22N2O. The van der Waals surface area contributed by atoms with E-state index in [9.17, 15) is 0 Å². The van der Waals surface area contributed by atoms with Crippen LogP contribution in [0.5, 0.6) is 0 Å². The number of benzene rings is 1. The van der Waals surface area contributed by atoms with Crippen LogP contribution in [0.1, 0.15) is 25.3 Å². The summed E-state index contributed by atoms with van der Waals surface area (Å²) in [6.45, 7) is 5.06. The number of rotatable bonds is 5. The maximum atomic E-state index is 5.74. The molecule has 0 spiro atoms. The van der Waals surface area contributed by atoms with Crippen LogP contribution in [0.15, 0.2) is 36.5 Å². The van der Waals surface area contributed by atoms with Crippen LogP contribution in [-0.2, 0) is 11.3 Å². The van der Waals surface area contributed by atoms with Crippen molar-refractivity contribution in [1.82, 2.24) is 10.3 Å². The van der Waals surface area contributed by atoms with Gasteiger partial charge in [0.2, 0.25) is 0 Å². The SMILES string of the molecule is CCC1OCCC1CNCc1ccnc2ccccc12. The molecule has 2 unspecified atom stereocenters. The van der Waals surface area contributed by atoms with Gasteiger partial charge in [-0.25, -0.2) is 0 Å². The van der Waals surface area contributed by atoms with Gasteiger partial charge in [0.1, 0.15) is 0 Å². The molecular weight excluding hydrogens is 248 g/mol. The van der Waals surface area contributed by atoms with Gasteiger partial charge >= 0.3 is 0 Å². The summed E-state index contributed by atoms with van der Waals surface area (Å²) in [4.78, 5) is 4.40. The van der Waals surface area contributed by atoms with E-state index in [-0.39, 0.29) is 0 Å². The highest BCUT2D eigenvalue weighted by molar-refractivity contribution is 5.81. The van der Waals surface area contributed by atoms with E-state index in [4.69, 9.17) is 4.74 Å². The first-order chi connectivity index (χ1) is 9.88. The van der Waals surface area contributed by atoms with Crippen molar-refractivity contribution < 1.29 is 4.74 Å². The molecule has 2 aromatic rings. The summed E-state index contributed by atoms with van der Waals surface area (Å²) in [5.74, 6) is 0.660. The van der Waals surface area contributed by atoms with Crippen molar-refractivity contribution in [2.75, 3.05) is 13.2 Å². The second-order valence-corrected chi connectivity index (χ2v) is 5.48. The van der Waals surface area contributed by atoms with Crippen molar-refractivity contribution in [2.45, 2.75) is 32.4 Å². The summed E-state index contributed by atoms with van der Waals surface area (Å²) in [6.07, 6.45) is 4.64. The Labute approximate surface area is 120 Å². The lowest BCUT2D eigenvalue weighted by Crippen LogP contribution is -2.28. The molecule has 2 heterocycles. The van der Waals surface area contributed by atoms with Gasteiger partial charge in [0.15, 0.2) is 0 Å². The van der Waals surface area contributed by atoms with Gasteiger partial charge in [0.05, 0.1) is 11.6 Å². The Balaban J connectivity index is 1.63. The Bertz CT molecular complexity index is 564. The molecule has 3 heteroatoms. The Hall–Kier alpha value is -1.45. The third-order valence-corrected chi connectivity index (χ3v) is 4.21. The Morgan fingerprint density at radius 1 is 1.30 bits per heavy atom. The minimum absolute atomic E-state index is 0.441. The summed E-state index contributed by atoms with van der Waals surface area (Å²) in [5.41, 5.74) is 2.39. The molecule has 0 aliphatic carbocycles. The highest BCUT2D eigenvalue weighted by atomic mass is 16.5. The van der Waals surface area contributed by atoms with Crippen LogP contribution < -0.4 is 5.32 Å². The van der Waals surface area contributed by atoms with E-state index in [1.807, 2.05) is 12.3 Å². The number of aromatic nitrogens is 1. The van der Waals surface area contributed by atoms with Gasteiger partial charge in [-0.2, -0.15) is 0 Å². The summed E-state index contributed by atoms with van der Waals surface area (Å²) >= 11 is 0. The molecule has 0 saturated carbocycles. The maximum Gasteiger partial charge on any atom is 0.0705 e. The average molecular weight is 270 g/mol. The third-order valence-electron chi connectivity index (χ3n) is 4.21. The molecule has 1 fully saturated rings. The van der Waals surface area contributed by atoms with Gasteiger partial charge in [-0.05, 0) is 36.5 Å². The highest BCUT2D eigenvalue weighted by Gasteiger charge is 2.25. The molecule has 1 aromatic heterocycles. The van der Waals surface area contributed by atoms with Gasteiger partial charge in [-0.3, -0.25) is 4.98 Å². The molecule has 1 aromatic carbocycles. The highest BCUT2D eigenvalue weighted by Crippen LogP contribution is 2.23. The van der Waals surface area contributed by atoms with Crippen LogP contribution in [0.4, 0.5) is 0 Å². The standard InChI is InChI=1S/C17H22N2O/c1-2-17-14(8-10-20-17)12-18-11-13-7-9-19-16-6-4-3-5-15(13)16/h3-7,9,14,17-18H,2,8,10-12H2,1H3. The summed E-state index contributed by atoms with van der Waals surface area (Å²) in [6, 6.07) is 10.4. The van der Waals surface area contributed by atoms with E-state index < -0.39 is 0 Å². The normalized spacial score (nSPS) is 22.4. The minimum Gasteiger partial charge on any atom is -0.378 e. The molecule has 106 valence electrons. The van der Waals surface area contributed by atoms with E-state index in [0.29, 0.717) is 12.0 Å². The van der Waals surface area contributed by atoms with Gasteiger partial charge < -0.3 is 10.1 Å². The second kappa shape index (κ2) is 6.33. The topological polar surface area (TPSA) is 34.1 Å². The first kappa shape index (κ1) is 13.5. The summed E-state index contributed by atoms with van der Waals surface area (Å²) < 4.78 is 5.74. The number of nitrogens with one attached hydrogen (secondary N) is 1. The minimum atomic E-state index is 0.441. The van der Waals surface area contributed by atoms with Crippen LogP contribution in [0.2, 0.25) is 0 Å². The fraction of sp³-hybridized carbons (Fsp3) is 0.471. The largest absolute Gasteiger partial charge is 0.378 e. The maximum absolute atomic E-state index is 5.74. The molecule has 3 nitrogen and oxygen atoms in total. The molecule has 2 atom stereocenters. The lowest BCUT2D eigenvalue weighted by molar-refractivity contribution is 0.0872. The molecule has 1 aliphatic heterocycles. The lowest BCUT2D eigenvalue weighted by atomic mass is 9.99. The lowest BCUT2D eigenvalue weighted by Gasteiger charge is -2.17. The van der Waals surface area contributed by atoms with E-state index in [1.54, 1.807) is 0 Å². The first-order valence-electron chi connectivity index (χ1n) is 7.53. The molecule has 20 heavy (non-hydrogen) atoms. The predicted molar refractivity (Wildman–Crippen MR) is 81.6 cm³/mol. The zero-order valence-corrected chi connectivity index (χ0v) is 12.0. The number of fused-ring (bicyclic) bond motifs is 1. The zero-order valence-electron chi connectivity index (χ0n) is 12.0. The number of hydrogen-bond donors (Lipinski definition) is 1. The van der Waals surface area contributed by atoms with Crippen molar-refractivity contribution in [3.63, 3.8) is 0 Å². The van der Waals surface area contributed by atoms with E-state index in [1.165, 1.54) is 17.4 Å². The average Bonchev–Trinajstić information content (AvgIpc) is 2.95. The van der Waals surface area contributed by atoms with E-state index in [2.05, 4.69) is 41.5 Å². The summed E-state index contributed by atoms with van der Waals surface area (Å²) in [7, 11) is 0. The van der Waals surface area contributed by atoms with Crippen LogP contribution in [-0.4, -0.2) is 24.2 Å². The predicted octanol–water partition coefficient (Wildman–Crippen LogP) is 3.14. The molecule has 1 N–H and O–H groups in total. The zero-order chi connectivity index (χ0) is 13.8. The fourth-order valence-electron chi connectivity index (χ4n) is 3.08. The molecule has 1 saturated heterocycles. The Morgan fingerprint density at radius 3 is 3.10 bits per heavy atom. The van der Waals surface area contributed by atoms with Gasteiger partial charge in [-0.15, -0.1) is 0 Å². The molecule has 1 aliphatic rings. The van der Waals surface area contributed by atoms with Crippen LogP contribution in [0.25, 0.3) is 10.9 Å². The second-order valence-electron chi connectivity index (χ2n) is 5.48. The number of nitrogens with zero attached hydrogens (tertiary/aromatic N) is 1. The van der Waals surface area contributed by atoms with Crippen LogP contribution in [0, 0.1) is 5.92 Å². The van der Waals surface area contributed by atoms with Crippen molar-refractivity contribution in [3.8, 4) is 0 Å². The fourth-order valence-corrected chi connectivity index (χ4v) is 3.08. The van der Waals surface area contributed by atoms with Crippen LogP contribution in [0.3, 0.4) is 0 Å². The molecule has 3 rings (SSSR count). The molecule has 0 radical (unpaired) electrons. The number of para-hydroxylation sites is 1. The Kier molecular flexibility index (Phi) is 4.28.